The average Bonchev–Trinajstić information content (AvgIpc) is 2.75. The Morgan fingerprint density at radius 1 is 1.45 bits per heavy atom. The van der Waals surface area contributed by atoms with Crippen LogP contribution in [0, 0.1) is 5.92 Å². The van der Waals surface area contributed by atoms with E-state index in [9.17, 15) is 4.79 Å². The summed E-state index contributed by atoms with van der Waals surface area (Å²) in [4.78, 5) is 10.6. The molecule has 1 aromatic heterocycles. The SMILES string of the molecule is CCCc1nnc(SCC(=O)O)n1CCOCC(C)C. The second-order valence-electron chi connectivity index (χ2n) is 4.95. The quantitative estimate of drug-likeness (QED) is 0.526. The summed E-state index contributed by atoms with van der Waals surface area (Å²) in [5.41, 5.74) is 0. The van der Waals surface area contributed by atoms with Crippen molar-refractivity contribution in [3.8, 4) is 0 Å². The summed E-state index contributed by atoms with van der Waals surface area (Å²) in [6.45, 7) is 8.27. The van der Waals surface area contributed by atoms with E-state index in [-0.39, 0.29) is 5.75 Å². The van der Waals surface area contributed by atoms with Gasteiger partial charge in [0.2, 0.25) is 0 Å². The molecule has 1 aromatic rings. The van der Waals surface area contributed by atoms with Gasteiger partial charge < -0.3 is 14.4 Å². The van der Waals surface area contributed by atoms with Crippen molar-refractivity contribution in [2.45, 2.75) is 45.3 Å². The summed E-state index contributed by atoms with van der Waals surface area (Å²) in [7, 11) is 0. The maximum atomic E-state index is 10.6. The molecule has 20 heavy (non-hydrogen) atoms. The second kappa shape index (κ2) is 8.97. The Kier molecular flexibility index (Phi) is 7.61. The molecule has 0 radical (unpaired) electrons. The Balaban J connectivity index is 2.62. The van der Waals surface area contributed by atoms with Crippen molar-refractivity contribution < 1.29 is 14.6 Å². The zero-order valence-corrected chi connectivity index (χ0v) is 13.2. The third-order valence-electron chi connectivity index (χ3n) is 2.50. The molecule has 0 aliphatic rings. The fourth-order valence-corrected chi connectivity index (χ4v) is 2.36. The molecule has 7 heteroatoms. The number of hydrogen-bond acceptors (Lipinski definition) is 5. The third kappa shape index (κ3) is 5.92. The Hall–Kier alpha value is -1.08. The highest BCUT2D eigenvalue weighted by atomic mass is 32.2. The minimum absolute atomic E-state index is 0.00287. The molecule has 114 valence electrons. The van der Waals surface area contributed by atoms with Gasteiger partial charge in [-0.2, -0.15) is 0 Å². The highest BCUT2D eigenvalue weighted by Gasteiger charge is 2.13. The number of hydrogen-bond donors (Lipinski definition) is 1. The third-order valence-corrected chi connectivity index (χ3v) is 3.45. The number of aliphatic carboxylic acids is 1. The zero-order chi connectivity index (χ0) is 15.0. The fraction of sp³-hybridized carbons (Fsp3) is 0.769. The Bertz CT molecular complexity index is 421. The van der Waals surface area contributed by atoms with Crippen molar-refractivity contribution in [2.24, 2.45) is 5.92 Å². The van der Waals surface area contributed by atoms with Crippen LogP contribution in [0.25, 0.3) is 0 Å². The van der Waals surface area contributed by atoms with Crippen molar-refractivity contribution in [1.29, 1.82) is 0 Å². The molecule has 0 aromatic carbocycles. The normalized spacial score (nSPS) is 11.2. The smallest absolute Gasteiger partial charge is 0.313 e. The molecular weight excluding hydrogens is 278 g/mol. The molecule has 1 rings (SSSR count). The van der Waals surface area contributed by atoms with Crippen LogP contribution in [0.1, 0.15) is 33.0 Å². The molecule has 0 amide bonds. The summed E-state index contributed by atoms with van der Waals surface area (Å²) < 4.78 is 7.55. The molecule has 0 saturated heterocycles. The molecule has 0 saturated carbocycles. The van der Waals surface area contributed by atoms with E-state index in [1.54, 1.807) is 0 Å². The van der Waals surface area contributed by atoms with E-state index in [0.717, 1.165) is 25.3 Å². The summed E-state index contributed by atoms with van der Waals surface area (Å²) in [6.07, 6.45) is 1.82. The molecule has 6 nitrogen and oxygen atoms in total. The fourth-order valence-electron chi connectivity index (χ4n) is 1.66. The van der Waals surface area contributed by atoms with Crippen LogP contribution in [0.3, 0.4) is 0 Å². The van der Waals surface area contributed by atoms with E-state index >= 15 is 0 Å². The van der Waals surface area contributed by atoms with Gasteiger partial charge in [0, 0.05) is 19.6 Å². The zero-order valence-electron chi connectivity index (χ0n) is 12.3. The van der Waals surface area contributed by atoms with Crippen LogP contribution in [0.15, 0.2) is 5.16 Å². The lowest BCUT2D eigenvalue weighted by atomic mass is 10.2. The van der Waals surface area contributed by atoms with Crippen molar-refractivity contribution in [2.75, 3.05) is 19.0 Å². The first-order valence-electron chi connectivity index (χ1n) is 6.89. The van der Waals surface area contributed by atoms with Crippen molar-refractivity contribution >= 4 is 17.7 Å². The number of aromatic nitrogens is 3. The van der Waals surface area contributed by atoms with Gasteiger partial charge in [-0.25, -0.2) is 0 Å². The van der Waals surface area contributed by atoms with E-state index < -0.39 is 5.97 Å². The molecule has 1 heterocycles. The number of thioether (sulfide) groups is 1. The van der Waals surface area contributed by atoms with E-state index in [0.29, 0.717) is 24.2 Å². The molecule has 0 unspecified atom stereocenters. The Morgan fingerprint density at radius 2 is 2.20 bits per heavy atom. The first-order chi connectivity index (χ1) is 9.54. The lowest BCUT2D eigenvalue weighted by Crippen LogP contribution is -2.13. The highest BCUT2D eigenvalue weighted by Crippen LogP contribution is 2.17. The van der Waals surface area contributed by atoms with Crippen LogP contribution < -0.4 is 0 Å². The van der Waals surface area contributed by atoms with Crippen LogP contribution >= 0.6 is 11.8 Å². The van der Waals surface area contributed by atoms with Crippen molar-refractivity contribution in [1.82, 2.24) is 14.8 Å². The maximum Gasteiger partial charge on any atom is 0.313 e. The van der Waals surface area contributed by atoms with Gasteiger partial charge in [0.1, 0.15) is 5.82 Å². The number of carboxylic acid groups (broad SMARTS) is 1. The minimum Gasteiger partial charge on any atom is -0.481 e. The van der Waals surface area contributed by atoms with Gasteiger partial charge >= 0.3 is 5.97 Å². The molecule has 0 fully saturated rings. The minimum atomic E-state index is -0.849. The number of rotatable bonds is 10. The van der Waals surface area contributed by atoms with Crippen LogP contribution in [-0.4, -0.2) is 44.8 Å². The van der Waals surface area contributed by atoms with Gasteiger partial charge in [-0.05, 0) is 12.3 Å². The summed E-state index contributed by atoms with van der Waals surface area (Å²) in [6, 6.07) is 0. The van der Waals surface area contributed by atoms with Gasteiger partial charge in [0.05, 0.1) is 12.4 Å². The molecule has 0 aliphatic carbocycles. The van der Waals surface area contributed by atoms with Gasteiger partial charge in [0.15, 0.2) is 5.16 Å². The summed E-state index contributed by atoms with van der Waals surface area (Å²) >= 11 is 1.20. The van der Waals surface area contributed by atoms with E-state index in [1.807, 2.05) is 4.57 Å². The van der Waals surface area contributed by atoms with Gasteiger partial charge in [-0.15, -0.1) is 10.2 Å². The number of ether oxygens (including phenoxy) is 1. The maximum absolute atomic E-state index is 10.6. The molecule has 0 atom stereocenters. The first kappa shape index (κ1) is 17.0. The van der Waals surface area contributed by atoms with Gasteiger partial charge in [-0.1, -0.05) is 32.5 Å². The van der Waals surface area contributed by atoms with Crippen molar-refractivity contribution in [3.05, 3.63) is 5.82 Å². The molecule has 0 aliphatic heterocycles. The number of carboxylic acids is 1. The Labute approximate surface area is 123 Å². The van der Waals surface area contributed by atoms with E-state index in [4.69, 9.17) is 9.84 Å². The highest BCUT2D eigenvalue weighted by molar-refractivity contribution is 7.99. The van der Waals surface area contributed by atoms with Crippen molar-refractivity contribution in [3.63, 3.8) is 0 Å². The Morgan fingerprint density at radius 3 is 2.80 bits per heavy atom. The van der Waals surface area contributed by atoms with Gasteiger partial charge in [-0.3, -0.25) is 4.79 Å². The topological polar surface area (TPSA) is 77.2 Å². The van der Waals surface area contributed by atoms with Crippen LogP contribution in [0.4, 0.5) is 0 Å². The summed E-state index contributed by atoms with van der Waals surface area (Å²) in [5.74, 6) is 0.551. The lowest BCUT2D eigenvalue weighted by Gasteiger charge is -2.11. The van der Waals surface area contributed by atoms with Gasteiger partial charge in [0.25, 0.3) is 0 Å². The number of nitrogens with zero attached hydrogens (tertiary/aromatic N) is 3. The molecule has 1 N–H and O–H groups in total. The summed E-state index contributed by atoms with van der Waals surface area (Å²) in [5, 5.41) is 17.6. The predicted molar refractivity (Wildman–Crippen MR) is 78.0 cm³/mol. The monoisotopic (exact) mass is 301 g/mol. The van der Waals surface area contributed by atoms with Crippen LogP contribution in [0.5, 0.6) is 0 Å². The predicted octanol–water partition coefficient (Wildman–Crippen LogP) is 2.08. The molecular formula is C13H23N3O3S. The lowest BCUT2D eigenvalue weighted by molar-refractivity contribution is -0.133. The standard InChI is InChI=1S/C13H23N3O3S/c1-4-5-11-14-15-13(20-9-12(17)18)16(11)6-7-19-8-10(2)3/h10H,4-9H2,1-3H3,(H,17,18). The number of aryl methyl sites for hydroxylation is 1. The second-order valence-corrected chi connectivity index (χ2v) is 5.89. The molecule has 0 bridgehead atoms. The largest absolute Gasteiger partial charge is 0.481 e. The van der Waals surface area contributed by atoms with E-state index in [1.165, 1.54) is 11.8 Å². The number of carbonyl (C=O) groups is 1. The average molecular weight is 301 g/mol. The first-order valence-corrected chi connectivity index (χ1v) is 7.87. The van der Waals surface area contributed by atoms with Crippen LogP contribution in [0.2, 0.25) is 0 Å². The van der Waals surface area contributed by atoms with E-state index in [2.05, 4.69) is 31.0 Å². The van der Waals surface area contributed by atoms with Crippen LogP contribution in [-0.2, 0) is 22.5 Å². The molecule has 0 spiro atoms.